The Morgan fingerprint density at radius 3 is 2.46 bits per heavy atom. The third-order valence-electron chi connectivity index (χ3n) is 5.81. The van der Waals surface area contributed by atoms with Crippen molar-refractivity contribution < 1.29 is 36.7 Å². The van der Waals surface area contributed by atoms with Crippen LogP contribution in [0.25, 0.3) is 10.9 Å². The highest BCUT2D eigenvalue weighted by Crippen LogP contribution is 2.23. The zero-order valence-corrected chi connectivity index (χ0v) is 19.1. The molecule has 190 valence electrons. The molecule has 0 bridgehead atoms. The maximum Gasteiger partial charge on any atom is 0.268 e. The second kappa shape index (κ2) is 10.4. The fourth-order valence-electron chi connectivity index (χ4n) is 4.04. The van der Waals surface area contributed by atoms with E-state index < -0.39 is 53.8 Å². The molecule has 3 amide bonds. The number of amides is 3. The molecule has 2 aromatic rings. The summed E-state index contributed by atoms with van der Waals surface area (Å²) in [6.07, 6.45) is -0.574. The zero-order chi connectivity index (χ0) is 25.9. The molecule has 2 heterocycles. The Morgan fingerprint density at radius 1 is 1.14 bits per heavy atom. The Kier molecular flexibility index (Phi) is 7.81. The number of hydrogen-bond donors (Lipinski definition) is 4. The Hall–Kier alpha value is -3.44. The fourth-order valence-corrected chi connectivity index (χ4v) is 4.04. The lowest BCUT2D eigenvalue weighted by Crippen LogP contribution is -2.53. The van der Waals surface area contributed by atoms with Crippen molar-refractivity contribution >= 4 is 34.4 Å². The molecule has 35 heavy (non-hydrogen) atoms. The predicted molar refractivity (Wildman–Crippen MR) is 118 cm³/mol. The average molecular weight is 498 g/mol. The molecular weight excluding hydrogens is 472 g/mol. The van der Waals surface area contributed by atoms with E-state index in [1.807, 2.05) is 0 Å². The molecule has 0 aliphatic carbocycles. The topological polar surface area (TPSA) is 120 Å². The van der Waals surface area contributed by atoms with Gasteiger partial charge in [-0.2, -0.15) is 0 Å². The number of ketones is 1. The molecule has 3 rings (SSSR count). The molecule has 0 spiro atoms. The first-order valence-corrected chi connectivity index (χ1v) is 11.1. The summed E-state index contributed by atoms with van der Waals surface area (Å²) in [5.74, 6) is -8.38. The van der Waals surface area contributed by atoms with Gasteiger partial charge in [0.05, 0.1) is 11.6 Å². The quantitative estimate of drug-likeness (QED) is 0.377. The summed E-state index contributed by atoms with van der Waals surface area (Å²) in [6, 6.07) is -0.130. The Balaban J connectivity index is 1.79. The van der Waals surface area contributed by atoms with Gasteiger partial charge in [-0.05, 0) is 31.9 Å². The van der Waals surface area contributed by atoms with Crippen LogP contribution < -0.4 is 16.0 Å². The normalized spacial score (nSPS) is 17.7. The summed E-state index contributed by atoms with van der Waals surface area (Å²) in [5, 5.41) is 7.25. The molecular formula is C23H26F4N4O4. The van der Waals surface area contributed by atoms with E-state index in [4.69, 9.17) is 0 Å². The summed E-state index contributed by atoms with van der Waals surface area (Å²) in [6.45, 7) is 2.56. The Morgan fingerprint density at radius 2 is 1.86 bits per heavy atom. The largest absolute Gasteiger partial charge is 0.356 e. The minimum absolute atomic E-state index is 0.000287. The van der Waals surface area contributed by atoms with Crippen LogP contribution >= 0.6 is 0 Å². The lowest BCUT2D eigenvalue weighted by atomic mass is 9.94. The van der Waals surface area contributed by atoms with Gasteiger partial charge >= 0.3 is 0 Å². The van der Waals surface area contributed by atoms with Crippen molar-refractivity contribution in [1.29, 1.82) is 0 Å². The van der Waals surface area contributed by atoms with Gasteiger partial charge in [0.15, 0.2) is 5.78 Å². The molecule has 3 atom stereocenters. The zero-order valence-electron chi connectivity index (χ0n) is 19.1. The maximum absolute atomic E-state index is 14.0. The summed E-state index contributed by atoms with van der Waals surface area (Å²) in [4.78, 5) is 52.4. The average Bonchev–Trinajstić information content (AvgIpc) is 3.37. The molecule has 0 saturated carbocycles. The van der Waals surface area contributed by atoms with Crippen molar-refractivity contribution in [3.8, 4) is 0 Å². The molecule has 1 aromatic heterocycles. The van der Waals surface area contributed by atoms with E-state index >= 15 is 0 Å². The van der Waals surface area contributed by atoms with Gasteiger partial charge in [0.2, 0.25) is 17.7 Å². The van der Waals surface area contributed by atoms with Crippen LogP contribution in [0, 0.1) is 17.6 Å². The van der Waals surface area contributed by atoms with Crippen LogP contribution in [-0.4, -0.2) is 53.0 Å². The van der Waals surface area contributed by atoms with Crippen LogP contribution in [0.2, 0.25) is 0 Å². The summed E-state index contributed by atoms with van der Waals surface area (Å²) in [5.41, 5.74) is -0.438. The number of carbonyl (C=O) groups is 4. The van der Waals surface area contributed by atoms with E-state index in [2.05, 4.69) is 20.9 Å². The smallest absolute Gasteiger partial charge is 0.268 e. The molecule has 0 unspecified atom stereocenters. The molecule has 1 aromatic carbocycles. The van der Waals surface area contributed by atoms with Crippen molar-refractivity contribution in [2.75, 3.05) is 6.54 Å². The number of benzene rings is 1. The van der Waals surface area contributed by atoms with Gasteiger partial charge in [-0.25, -0.2) is 17.6 Å². The first-order valence-electron chi connectivity index (χ1n) is 11.1. The minimum Gasteiger partial charge on any atom is -0.356 e. The number of rotatable bonds is 10. The summed E-state index contributed by atoms with van der Waals surface area (Å²) >= 11 is 0. The summed E-state index contributed by atoms with van der Waals surface area (Å²) < 4.78 is 55.1. The van der Waals surface area contributed by atoms with Crippen molar-refractivity contribution in [3.05, 3.63) is 35.5 Å². The second-order valence-corrected chi connectivity index (χ2v) is 8.73. The number of hydrogen-bond acceptors (Lipinski definition) is 4. The lowest BCUT2D eigenvalue weighted by molar-refractivity contribution is -0.131. The Labute approximate surface area is 198 Å². The van der Waals surface area contributed by atoms with Gasteiger partial charge in [-0.15, -0.1) is 0 Å². The van der Waals surface area contributed by atoms with Crippen LogP contribution in [0.15, 0.2) is 18.2 Å². The SMILES string of the molecule is CCC(=O)[C@H](C[C@@H]1CCNC1=O)NC(=O)[C@H](CC(C)(F)F)NC(=O)c1cc2cc(F)cc(F)c2[nH]1. The van der Waals surface area contributed by atoms with Crippen molar-refractivity contribution in [3.63, 3.8) is 0 Å². The van der Waals surface area contributed by atoms with E-state index in [-0.39, 0.29) is 41.1 Å². The predicted octanol–water partition coefficient (Wildman–Crippen LogP) is 2.58. The van der Waals surface area contributed by atoms with E-state index in [1.165, 1.54) is 0 Å². The summed E-state index contributed by atoms with van der Waals surface area (Å²) in [7, 11) is 0. The van der Waals surface area contributed by atoms with Gasteiger partial charge in [-0.1, -0.05) is 6.92 Å². The molecule has 8 nitrogen and oxygen atoms in total. The number of Topliss-reactive ketones (excluding diaryl/α,β-unsaturated/α-hetero) is 1. The second-order valence-electron chi connectivity index (χ2n) is 8.73. The molecule has 0 radical (unpaired) electrons. The van der Waals surface area contributed by atoms with Gasteiger partial charge in [0, 0.05) is 36.8 Å². The van der Waals surface area contributed by atoms with E-state index in [0.717, 1.165) is 12.1 Å². The molecule has 1 saturated heterocycles. The van der Waals surface area contributed by atoms with E-state index in [9.17, 15) is 36.7 Å². The highest BCUT2D eigenvalue weighted by atomic mass is 19.3. The van der Waals surface area contributed by atoms with Gasteiger partial charge in [0.25, 0.3) is 5.91 Å². The first kappa shape index (κ1) is 26.2. The standard InChI is InChI=1S/C23H26F4N4O4/c1-3-18(32)15(7-11-4-5-28-20(11)33)30-22(35)17(10-23(2,26)27)31-21(34)16-8-12-6-13(24)9-14(25)19(12)29-16/h6,8-9,11,15,17,29H,3-5,7,10H2,1-2H3,(H,28,33)(H,30,35)(H,31,34)/t11-,15-,17-/m0/s1. The minimum atomic E-state index is -3.36. The van der Waals surface area contributed by atoms with Gasteiger partial charge in [-0.3, -0.25) is 19.2 Å². The number of aromatic amines is 1. The number of nitrogens with one attached hydrogen (secondary N) is 4. The molecule has 1 aliphatic rings. The fraction of sp³-hybridized carbons (Fsp3) is 0.478. The van der Waals surface area contributed by atoms with Crippen LogP contribution in [0.5, 0.6) is 0 Å². The van der Waals surface area contributed by atoms with Crippen LogP contribution in [0.4, 0.5) is 17.6 Å². The monoisotopic (exact) mass is 498 g/mol. The molecule has 1 fully saturated rings. The maximum atomic E-state index is 14.0. The van der Waals surface area contributed by atoms with Crippen molar-refractivity contribution in [2.24, 2.45) is 5.92 Å². The number of carbonyl (C=O) groups excluding carboxylic acids is 4. The third-order valence-corrected chi connectivity index (χ3v) is 5.81. The molecule has 1 aliphatic heterocycles. The third kappa shape index (κ3) is 6.58. The van der Waals surface area contributed by atoms with Crippen molar-refractivity contribution in [2.45, 2.75) is 57.5 Å². The number of aromatic nitrogens is 1. The van der Waals surface area contributed by atoms with Crippen LogP contribution in [0.3, 0.4) is 0 Å². The van der Waals surface area contributed by atoms with E-state index in [1.54, 1.807) is 6.92 Å². The highest BCUT2D eigenvalue weighted by molar-refractivity contribution is 6.01. The molecule has 4 N–H and O–H groups in total. The molecule has 12 heteroatoms. The number of alkyl halides is 2. The highest BCUT2D eigenvalue weighted by Gasteiger charge is 2.36. The van der Waals surface area contributed by atoms with Crippen LogP contribution in [0.1, 0.15) is 50.0 Å². The number of H-pyrrole nitrogens is 1. The number of halogens is 4. The number of fused-ring (bicyclic) bond motifs is 1. The van der Waals surface area contributed by atoms with Gasteiger partial charge in [0.1, 0.15) is 23.4 Å². The first-order chi connectivity index (χ1) is 16.4. The van der Waals surface area contributed by atoms with Gasteiger partial charge < -0.3 is 20.9 Å². The Bertz CT molecular complexity index is 1140. The van der Waals surface area contributed by atoms with E-state index in [0.29, 0.717) is 26.0 Å². The lowest BCUT2D eigenvalue weighted by Gasteiger charge is -2.25. The van der Waals surface area contributed by atoms with Crippen LogP contribution in [-0.2, 0) is 14.4 Å². The van der Waals surface area contributed by atoms with Crippen molar-refractivity contribution in [1.82, 2.24) is 20.9 Å².